The second-order valence-corrected chi connectivity index (χ2v) is 22.2. The largest absolute Gasteiger partial charge is 0.394 e. The molecule has 0 aromatic heterocycles. The van der Waals surface area contributed by atoms with Crippen molar-refractivity contribution in [3.8, 4) is 0 Å². The molecule has 2 aliphatic heterocycles. The first-order valence-electron chi connectivity index (χ1n) is 32.0. The normalized spacial score (nSPS) is 24.8. The first-order chi connectivity index (χ1) is 39.6. The van der Waals surface area contributed by atoms with Gasteiger partial charge >= 0.3 is 0 Å². The molecule has 0 bridgehead atoms. The Morgan fingerprint density at radius 3 is 1.31 bits per heavy atom. The maximum atomic E-state index is 13.2. The first kappa shape index (κ1) is 74.0. The number of aliphatic hydroxyl groups is 8. The zero-order chi connectivity index (χ0) is 58.8. The lowest BCUT2D eigenvalue weighted by Crippen LogP contribution is -2.65. The number of allylic oxidation sites excluding steroid dienone is 15. The van der Waals surface area contributed by atoms with E-state index in [1.807, 2.05) is 6.08 Å². The van der Waals surface area contributed by atoms with Gasteiger partial charge < -0.3 is 65.1 Å². The fourth-order valence-corrected chi connectivity index (χ4v) is 9.92. The Hall–Kier alpha value is -3.09. The van der Waals surface area contributed by atoms with Crippen LogP contribution in [0.5, 0.6) is 0 Å². The molecular formula is C67H115NO13. The highest BCUT2D eigenvalue weighted by Crippen LogP contribution is 2.30. The molecule has 2 fully saturated rings. The molecule has 0 saturated carbocycles. The zero-order valence-electron chi connectivity index (χ0n) is 50.2. The van der Waals surface area contributed by atoms with Crippen molar-refractivity contribution >= 4 is 5.91 Å². The summed E-state index contributed by atoms with van der Waals surface area (Å²) in [6, 6.07) is -0.913. The molecule has 81 heavy (non-hydrogen) atoms. The topological polar surface area (TPSA) is 228 Å². The van der Waals surface area contributed by atoms with Crippen molar-refractivity contribution in [2.75, 3.05) is 19.8 Å². The van der Waals surface area contributed by atoms with E-state index in [1.165, 1.54) is 103 Å². The van der Waals surface area contributed by atoms with Gasteiger partial charge in [0, 0.05) is 6.42 Å². The molecule has 0 aromatic carbocycles. The van der Waals surface area contributed by atoms with Gasteiger partial charge in [0.05, 0.1) is 32.0 Å². The van der Waals surface area contributed by atoms with Gasteiger partial charge in [-0.05, 0) is 77.0 Å². The Bertz CT molecular complexity index is 1730. The van der Waals surface area contributed by atoms with Crippen LogP contribution in [0, 0.1) is 0 Å². The van der Waals surface area contributed by atoms with Crippen molar-refractivity contribution < 1.29 is 64.6 Å². The summed E-state index contributed by atoms with van der Waals surface area (Å²) < 4.78 is 22.6. The van der Waals surface area contributed by atoms with Crippen LogP contribution in [-0.4, -0.2) is 140 Å². The Morgan fingerprint density at radius 1 is 0.457 bits per heavy atom. The molecule has 0 radical (unpaired) electrons. The second kappa shape index (κ2) is 51.3. The number of carbonyl (C=O) groups is 1. The summed E-state index contributed by atoms with van der Waals surface area (Å²) in [6.45, 7) is 2.58. The van der Waals surface area contributed by atoms with E-state index < -0.39 is 86.8 Å². The molecule has 14 heteroatoms. The van der Waals surface area contributed by atoms with Crippen LogP contribution in [0.15, 0.2) is 97.2 Å². The van der Waals surface area contributed by atoms with E-state index in [0.717, 1.165) is 96.3 Å². The minimum atomic E-state index is -1.79. The van der Waals surface area contributed by atoms with E-state index in [1.54, 1.807) is 6.08 Å². The summed E-state index contributed by atoms with van der Waals surface area (Å²) >= 11 is 0. The van der Waals surface area contributed by atoms with Crippen molar-refractivity contribution in [3.05, 3.63) is 97.2 Å². The third-order valence-electron chi connectivity index (χ3n) is 15.0. The molecule has 12 unspecified atom stereocenters. The molecule has 0 spiro atoms. The van der Waals surface area contributed by atoms with Crippen molar-refractivity contribution in [1.29, 1.82) is 0 Å². The molecule has 0 aromatic rings. The fraction of sp³-hybridized carbons (Fsp3) is 0.746. The van der Waals surface area contributed by atoms with E-state index in [0.29, 0.717) is 6.42 Å². The first-order valence-corrected chi connectivity index (χ1v) is 32.0. The lowest BCUT2D eigenvalue weighted by Gasteiger charge is -2.46. The number of hydrogen-bond acceptors (Lipinski definition) is 13. The minimum absolute atomic E-state index is 0.246. The Kier molecular flexibility index (Phi) is 46.9. The van der Waals surface area contributed by atoms with Crippen LogP contribution < -0.4 is 5.32 Å². The number of aliphatic hydroxyl groups excluding tert-OH is 8. The van der Waals surface area contributed by atoms with Crippen LogP contribution in [0.1, 0.15) is 226 Å². The van der Waals surface area contributed by atoms with E-state index in [2.05, 4.69) is 104 Å². The number of unbranched alkanes of at least 4 members (excludes halogenated alkanes) is 23. The van der Waals surface area contributed by atoms with E-state index in [9.17, 15) is 45.6 Å². The maximum absolute atomic E-state index is 13.2. The second-order valence-electron chi connectivity index (χ2n) is 22.2. The molecule has 2 heterocycles. The third-order valence-corrected chi connectivity index (χ3v) is 15.0. The van der Waals surface area contributed by atoms with Gasteiger partial charge in [-0.2, -0.15) is 0 Å². The van der Waals surface area contributed by atoms with Crippen molar-refractivity contribution in [3.63, 3.8) is 0 Å². The Morgan fingerprint density at radius 2 is 0.852 bits per heavy atom. The van der Waals surface area contributed by atoms with Crippen LogP contribution in [0.4, 0.5) is 0 Å². The van der Waals surface area contributed by atoms with Crippen molar-refractivity contribution in [2.45, 2.75) is 299 Å². The molecular weight excluding hydrogens is 1030 g/mol. The molecule has 9 N–H and O–H groups in total. The summed E-state index contributed by atoms with van der Waals surface area (Å²) in [5.74, 6) is -0.246. The quantitative estimate of drug-likeness (QED) is 0.0204. The summed E-state index contributed by atoms with van der Waals surface area (Å²) in [5.41, 5.74) is 0. The van der Waals surface area contributed by atoms with Crippen molar-refractivity contribution in [1.82, 2.24) is 5.32 Å². The van der Waals surface area contributed by atoms with Gasteiger partial charge in [0.15, 0.2) is 12.6 Å². The lowest BCUT2D eigenvalue weighted by atomic mass is 9.97. The van der Waals surface area contributed by atoms with Gasteiger partial charge in [0.1, 0.15) is 48.8 Å². The average Bonchev–Trinajstić information content (AvgIpc) is 3.55. The molecule has 14 nitrogen and oxygen atoms in total. The zero-order valence-corrected chi connectivity index (χ0v) is 50.2. The molecule has 2 saturated heterocycles. The van der Waals surface area contributed by atoms with Crippen LogP contribution in [0.2, 0.25) is 0 Å². The fourth-order valence-electron chi connectivity index (χ4n) is 9.92. The van der Waals surface area contributed by atoms with E-state index in [-0.39, 0.29) is 18.9 Å². The lowest BCUT2D eigenvalue weighted by molar-refractivity contribution is -0.359. The van der Waals surface area contributed by atoms with Gasteiger partial charge in [-0.25, -0.2) is 0 Å². The van der Waals surface area contributed by atoms with Gasteiger partial charge in [0.25, 0.3) is 0 Å². The van der Waals surface area contributed by atoms with Crippen LogP contribution in [-0.2, 0) is 23.7 Å². The molecule has 466 valence electrons. The SMILES string of the molecule is CC/C=C\C/C=C\C/C=C\C/C=C\C/C=C\C/C=C\C/C=C\CCCCCCCCCCCCCCCCCCCCCC(=O)NC(COC1OC(CO)C(OC2OC(CO)C(O)C(O)C2O)C(O)C1O)C(O)/C=C/CCCCCC. The number of carbonyl (C=O) groups excluding carboxylic acids is 1. The minimum Gasteiger partial charge on any atom is -0.394 e. The summed E-state index contributed by atoms with van der Waals surface area (Å²) in [4.78, 5) is 13.2. The molecule has 2 aliphatic rings. The average molecular weight is 1140 g/mol. The molecule has 2 rings (SSSR count). The predicted molar refractivity (Wildman–Crippen MR) is 327 cm³/mol. The number of rotatable bonds is 50. The van der Waals surface area contributed by atoms with E-state index in [4.69, 9.17) is 18.9 Å². The van der Waals surface area contributed by atoms with E-state index >= 15 is 0 Å². The summed E-state index contributed by atoms with van der Waals surface area (Å²) in [6.07, 6.45) is 55.4. The Balaban J connectivity index is 1.49. The highest BCUT2D eigenvalue weighted by molar-refractivity contribution is 5.76. The molecule has 0 aliphatic carbocycles. The smallest absolute Gasteiger partial charge is 0.220 e. The molecule has 12 atom stereocenters. The summed E-state index contributed by atoms with van der Waals surface area (Å²) in [7, 11) is 0. The number of ether oxygens (including phenoxy) is 4. The van der Waals surface area contributed by atoms with Crippen LogP contribution in [0.25, 0.3) is 0 Å². The number of hydrogen-bond donors (Lipinski definition) is 9. The summed E-state index contributed by atoms with van der Waals surface area (Å²) in [5, 5.41) is 86.6. The van der Waals surface area contributed by atoms with Crippen LogP contribution >= 0.6 is 0 Å². The predicted octanol–water partition coefficient (Wildman–Crippen LogP) is 11.8. The number of amides is 1. The highest BCUT2D eigenvalue weighted by atomic mass is 16.7. The van der Waals surface area contributed by atoms with Gasteiger partial charge in [-0.3, -0.25) is 4.79 Å². The van der Waals surface area contributed by atoms with Crippen molar-refractivity contribution in [2.24, 2.45) is 0 Å². The monoisotopic (exact) mass is 1140 g/mol. The highest BCUT2D eigenvalue weighted by Gasteiger charge is 2.51. The maximum Gasteiger partial charge on any atom is 0.220 e. The number of nitrogens with one attached hydrogen (secondary N) is 1. The Labute approximate surface area is 490 Å². The van der Waals surface area contributed by atoms with Gasteiger partial charge in [-0.15, -0.1) is 0 Å². The third kappa shape index (κ3) is 36.4. The van der Waals surface area contributed by atoms with Gasteiger partial charge in [0.2, 0.25) is 5.91 Å². The van der Waals surface area contributed by atoms with Crippen LogP contribution in [0.3, 0.4) is 0 Å². The standard InChI is InChI=1S/C67H115NO13/c1-3-5-7-9-11-12-13-14-15-16-17-18-19-20-21-22-23-24-25-26-27-28-29-30-31-32-33-34-35-36-37-38-39-40-41-42-43-44-45-47-49-51-59(72)68-55(56(71)50-48-46-10-8-6-4-2)54-78-66-64(77)62(75)65(58(53-70)80-66)81-67-63(76)61(74)60(73)57(52-69)79-67/h5,7,11-12,14-15,17-18,20-21,23-24,26-27,48,50,55-58,60-67,69-71,73-77H,3-4,6,8-10,13,16,19,22,25,28-47,49,51-54H2,1-2H3,(H,68,72)/b7-5-,12-11-,15-14-,18-17-,21-20-,24-23-,27-26-,50-48+. The molecule has 1 amide bonds. The van der Waals surface area contributed by atoms with Gasteiger partial charge in [-0.1, -0.05) is 239 Å².